The summed E-state index contributed by atoms with van der Waals surface area (Å²) in [6.07, 6.45) is 0.470. The van der Waals surface area contributed by atoms with Gasteiger partial charge in [-0.1, -0.05) is 30.1 Å². The van der Waals surface area contributed by atoms with Gasteiger partial charge in [0.2, 0.25) is 0 Å². The summed E-state index contributed by atoms with van der Waals surface area (Å²) in [5, 5.41) is 18.0. The highest BCUT2D eigenvalue weighted by atomic mass is 35.5. The van der Waals surface area contributed by atoms with E-state index in [1.54, 1.807) is 18.2 Å². The zero-order valence-corrected chi connectivity index (χ0v) is 16.4. The van der Waals surface area contributed by atoms with Crippen molar-refractivity contribution in [3.05, 3.63) is 33.8 Å². The van der Waals surface area contributed by atoms with Crippen LogP contribution in [0.15, 0.2) is 23.2 Å². The van der Waals surface area contributed by atoms with Gasteiger partial charge in [0, 0.05) is 29.7 Å². The van der Waals surface area contributed by atoms with Gasteiger partial charge in [-0.05, 0) is 56.1 Å². The number of likely N-dealkylation sites (tertiary alicyclic amines) is 1. The molecule has 140 valence electrons. The van der Waals surface area contributed by atoms with E-state index in [-0.39, 0.29) is 6.54 Å². The van der Waals surface area contributed by atoms with Gasteiger partial charge in [0.05, 0.1) is 12.6 Å². The predicted molar refractivity (Wildman–Crippen MR) is 106 cm³/mol. The number of aliphatic imine (C=N–C) groups is 1. The topological polar surface area (TPSA) is 59.9 Å². The fraction of sp³-hybridized carbons (Fsp3) is 0.611. The van der Waals surface area contributed by atoms with Crippen LogP contribution in [0.1, 0.15) is 31.9 Å². The van der Waals surface area contributed by atoms with Gasteiger partial charge in [0.15, 0.2) is 5.96 Å². The molecule has 25 heavy (non-hydrogen) atoms. The Kier molecular flexibility index (Phi) is 8.30. The van der Waals surface area contributed by atoms with Crippen molar-refractivity contribution >= 4 is 29.2 Å². The highest BCUT2D eigenvalue weighted by molar-refractivity contribution is 6.34. The van der Waals surface area contributed by atoms with Crippen molar-refractivity contribution in [3.63, 3.8) is 0 Å². The van der Waals surface area contributed by atoms with Gasteiger partial charge in [-0.15, -0.1) is 0 Å². The minimum atomic E-state index is -0.742. The Morgan fingerprint density at radius 2 is 2.00 bits per heavy atom. The highest BCUT2D eigenvalue weighted by Crippen LogP contribution is 2.23. The molecule has 0 aromatic heterocycles. The van der Waals surface area contributed by atoms with Crippen LogP contribution < -0.4 is 10.6 Å². The largest absolute Gasteiger partial charge is 0.386 e. The molecule has 1 saturated heterocycles. The third-order valence-corrected chi connectivity index (χ3v) is 4.85. The summed E-state index contributed by atoms with van der Waals surface area (Å²) in [4.78, 5) is 6.96. The molecule has 0 aliphatic carbocycles. The molecule has 1 aliphatic rings. The van der Waals surface area contributed by atoms with Crippen LogP contribution in [0.4, 0.5) is 0 Å². The second kappa shape index (κ2) is 10.2. The van der Waals surface area contributed by atoms with Gasteiger partial charge < -0.3 is 20.6 Å². The molecule has 3 N–H and O–H groups in total. The summed E-state index contributed by atoms with van der Waals surface area (Å²) >= 11 is 12.0. The van der Waals surface area contributed by atoms with Crippen LogP contribution in [-0.4, -0.2) is 55.2 Å². The normalized spacial score (nSPS) is 19.9. The summed E-state index contributed by atoms with van der Waals surface area (Å²) in [7, 11) is 0. The summed E-state index contributed by atoms with van der Waals surface area (Å²) in [5.41, 5.74) is 0.673. The number of nitrogens with one attached hydrogen (secondary N) is 2. The molecule has 0 spiro atoms. The van der Waals surface area contributed by atoms with Gasteiger partial charge in [0.1, 0.15) is 0 Å². The van der Waals surface area contributed by atoms with E-state index in [1.165, 1.54) is 13.0 Å². The number of benzene rings is 1. The minimum absolute atomic E-state index is 0.248. The first-order valence-electron chi connectivity index (χ1n) is 8.90. The van der Waals surface area contributed by atoms with E-state index < -0.39 is 6.10 Å². The van der Waals surface area contributed by atoms with Gasteiger partial charge in [-0.3, -0.25) is 4.99 Å². The Bertz CT molecular complexity index is 562. The molecular formula is C18H28Cl2N4O. The van der Waals surface area contributed by atoms with Crippen molar-refractivity contribution in [1.82, 2.24) is 15.5 Å². The van der Waals surface area contributed by atoms with Crippen molar-refractivity contribution in [2.24, 2.45) is 10.9 Å². The second-order valence-electron chi connectivity index (χ2n) is 6.37. The molecule has 0 bridgehead atoms. The lowest BCUT2D eigenvalue weighted by molar-refractivity contribution is 0.187. The molecule has 1 fully saturated rings. The Morgan fingerprint density at radius 3 is 2.60 bits per heavy atom. The Hall–Kier alpha value is -1.01. The number of rotatable bonds is 7. The van der Waals surface area contributed by atoms with E-state index >= 15 is 0 Å². The van der Waals surface area contributed by atoms with Gasteiger partial charge >= 0.3 is 0 Å². The lowest BCUT2D eigenvalue weighted by Crippen LogP contribution is -2.40. The molecule has 2 rings (SSSR count). The van der Waals surface area contributed by atoms with Crippen molar-refractivity contribution < 1.29 is 5.11 Å². The molecule has 0 radical (unpaired) electrons. The second-order valence-corrected chi connectivity index (χ2v) is 7.24. The van der Waals surface area contributed by atoms with E-state index in [9.17, 15) is 5.11 Å². The Labute approximate surface area is 160 Å². The summed E-state index contributed by atoms with van der Waals surface area (Å²) < 4.78 is 0. The Balaban J connectivity index is 1.89. The van der Waals surface area contributed by atoms with Crippen molar-refractivity contribution in [3.8, 4) is 0 Å². The molecule has 2 atom stereocenters. The molecule has 1 aromatic carbocycles. The molecule has 5 nitrogen and oxygen atoms in total. The lowest BCUT2D eigenvalue weighted by Gasteiger charge is -2.17. The van der Waals surface area contributed by atoms with E-state index in [1.807, 2.05) is 6.92 Å². The van der Waals surface area contributed by atoms with Gasteiger partial charge in [0.25, 0.3) is 0 Å². The number of aliphatic hydroxyl groups is 1. The van der Waals surface area contributed by atoms with Crippen LogP contribution in [0.3, 0.4) is 0 Å². The van der Waals surface area contributed by atoms with Crippen molar-refractivity contribution in [2.45, 2.75) is 26.4 Å². The highest BCUT2D eigenvalue weighted by Gasteiger charge is 2.21. The maximum absolute atomic E-state index is 10.3. The van der Waals surface area contributed by atoms with E-state index in [0.29, 0.717) is 21.5 Å². The van der Waals surface area contributed by atoms with E-state index in [2.05, 4.69) is 27.4 Å². The molecule has 0 amide bonds. The monoisotopic (exact) mass is 386 g/mol. The third-order valence-electron chi connectivity index (χ3n) is 4.41. The number of hydrogen-bond acceptors (Lipinski definition) is 3. The number of halogens is 2. The van der Waals surface area contributed by atoms with Crippen LogP contribution in [-0.2, 0) is 0 Å². The van der Waals surface area contributed by atoms with E-state index in [0.717, 1.165) is 32.1 Å². The summed E-state index contributed by atoms with van der Waals surface area (Å²) in [6, 6.07) is 5.08. The molecule has 7 heteroatoms. The summed E-state index contributed by atoms with van der Waals surface area (Å²) in [6.45, 7) is 9.55. The average molecular weight is 387 g/mol. The quantitative estimate of drug-likeness (QED) is 0.497. The maximum Gasteiger partial charge on any atom is 0.191 e. The lowest BCUT2D eigenvalue weighted by atomic mass is 10.1. The minimum Gasteiger partial charge on any atom is -0.386 e. The molecule has 1 heterocycles. The maximum atomic E-state index is 10.3. The van der Waals surface area contributed by atoms with Gasteiger partial charge in [-0.25, -0.2) is 0 Å². The number of hydrogen-bond donors (Lipinski definition) is 3. The number of nitrogens with zero attached hydrogens (tertiary/aromatic N) is 2. The predicted octanol–water partition coefficient (Wildman–Crippen LogP) is 2.92. The first-order chi connectivity index (χ1) is 12.0. The van der Waals surface area contributed by atoms with Crippen LogP contribution in [0.2, 0.25) is 10.0 Å². The number of guanidine groups is 1. The third kappa shape index (κ3) is 6.66. The summed E-state index contributed by atoms with van der Waals surface area (Å²) in [5.74, 6) is 1.37. The molecule has 1 aliphatic heterocycles. The van der Waals surface area contributed by atoms with Crippen LogP contribution in [0.25, 0.3) is 0 Å². The molecule has 0 saturated carbocycles. The first kappa shape index (κ1) is 20.3. The fourth-order valence-corrected chi connectivity index (χ4v) is 3.54. The zero-order chi connectivity index (χ0) is 18.2. The van der Waals surface area contributed by atoms with Crippen molar-refractivity contribution in [1.29, 1.82) is 0 Å². The number of aliphatic hydroxyl groups excluding tert-OH is 1. The average Bonchev–Trinajstić information content (AvgIpc) is 3.04. The smallest absolute Gasteiger partial charge is 0.191 e. The van der Waals surface area contributed by atoms with Crippen LogP contribution in [0, 0.1) is 5.92 Å². The Morgan fingerprint density at radius 1 is 1.28 bits per heavy atom. The standard InChI is InChI=1S/C18H28Cl2N4O/c1-3-21-18(22-10-13-5-6-24(4-2)12-13)23-11-17(25)14-7-15(19)9-16(20)8-14/h7-9,13,17,25H,3-6,10-12H2,1-2H3,(H2,21,22,23). The van der Waals surface area contributed by atoms with Crippen molar-refractivity contribution in [2.75, 3.05) is 39.3 Å². The van der Waals surface area contributed by atoms with E-state index in [4.69, 9.17) is 23.2 Å². The van der Waals surface area contributed by atoms with Crippen LogP contribution in [0.5, 0.6) is 0 Å². The molecule has 1 aromatic rings. The fourth-order valence-electron chi connectivity index (χ4n) is 3.00. The first-order valence-corrected chi connectivity index (χ1v) is 9.66. The molecular weight excluding hydrogens is 359 g/mol. The SMILES string of the molecule is CCNC(=NCC(O)c1cc(Cl)cc(Cl)c1)NCC1CCN(CC)C1. The van der Waals surface area contributed by atoms with Gasteiger partial charge in [-0.2, -0.15) is 0 Å². The molecule has 2 unspecified atom stereocenters. The zero-order valence-electron chi connectivity index (χ0n) is 14.9. The van der Waals surface area contributed by atoms with Crippen LogP contribution >= 0.6 is 23.2 Å².